The molecule has 0 fully saturated rings. The number of aryl methyl sites for hydroxylation is 2. The second kappa shape index (κ2) is 8.67. The summed E-state index contributed by atoms with van der Waals surface area (Å²) in [5, 5.41) is 19.6. The Morgan fingerprint density at radius 2 is 1.53 bits per heavy atom. The summed E-state index contributed by atoms with van der Waals surface area (Å²) < 4.78 is 29.8. The zero-order valence-corrected chi connectivity index (χ0v) is 16.8. The highest BCUT2D eigenvalue weighted by Crippen LogP contribution is 2.32. The fraction of sp³-hybridized carbons (Fsp3) is 0.182. The van der Waals surface area contributed by atoms with Crippen LogP contribution < -0.4 is 11.2 Å². The lowest BCUT2D eigenvalue weighted by Gasteiger charge is -2.30. The molecule has 2 heterocycles. The molecule has 4 aromatic rings. The number of aromatic nitrogens is 5. The Morgan fingerprint density at radius 1 is 0.938 bits per heavy atom. The second-order valence-electron chi connectivity index (χ2n) is 7.31. The minimum atomic E-state index is -1.65. The van der Waals surface area contributed by atoms with Crippen LogP contribution in [0.4, 0.5) is 8.78 Å². The summed E-state index contributed by atoms with van der Waals surface area (Å²) in [5.74, 6) is -0.911. The summed E-state index contributed by atoms with van der Waals surface area (Å²) in [7, 11) is 0. The van der Waals surface area contributed by atoms with E-state index in [4.69, 9.17) is 0 Å². The summed E-state index contributed by atoms with van der Waals surface area (Å²) in [4.78, 5) is 25.3. The van der Waals surface area contributed by atoms with Crippen LogP contribution in [0.2, 0.25) is 0 Å². The van der Waals surface area contributed by atoms with Gasteiger partial charge in [0.1, 0.15) is 17.2 Å². The van der Waals surface area contributed by atoms with Crippen LogP contribution in [-0.4, -0.2) is 29.7 Å². The first-order valence-electron chi connectivity index (χ1n) is 9.77. The molecule has 0 atom stereocenters. The molecule has 0 saturated heterocycles. The molecule has 0 radical (unpaired) electrons. The molecule has 32 heavy (non-hydrogen) atoms. The molecule has 10 heteroatoms. The van der Waals surface area contributed by atoms with Crippen molar-refractivity contribution in [3.63, 3.8) is 0 Å². The number of benzene rings is 2. The summed E-state index contributed by atoms with van der Waals surface area (Å²) in [6.07, 6.45) is 3.23. The number of nitrogens with zero attached hydrogens (tertiary/aromatic N) is 4. The lowest BCUT2D eigenvalue weighted by atomic mass is 9.86. The Hall–Kier alpha value is -3.92. The molecule has 2 aromatic carbocycles. The van der Waals surface area contributed by atoms with Crippen molar-refractivity contribution >= 4 is 0 Å². The third-order valence-electron chi connectivity index (χ3n) is 5.23. The van der Waals surface area contributed by atoms with Crippen molar-refractivity contribution in [3.05, 3.63) is 116 Å². The fourth-order valence-electron chi connectivity index (χ4n) is 3.48. The highest BCUT2D eigenvalue weighted by Gasteiger charge is 2.33. The molecule has 2 aromatic heterocycles. The molecular formula is C22H19F2N5O3. The summed E-state index contributed by atoms with van der Waals surface area (Å²) in [5.41, 5.74) is -1.27. The number of hydrogen-bond donors (Lipinski definition) is 2. The van der Waals surface area contributed by atoms with Crippen LogP contribution in [0, 0.1) is 11.6 Å². The molecule has 8 nitrogen and oxygen atoms in total. The first kappa shape index (κ1) is 21.3. The maximum atomic E-state index is 13.5. The Morgan fingerprint density at radius 3 is 2.09 bits per heavy atom. The molecule has 0 saturated carbocycles. The van der Waals surface area contributed by atoms with E-state index in [0.717, 1.165) is 0 Å². The summed E-state index contributed by atoms with van der Waals surface area (Å²) in [6, 6.07) is 12.0. The lowest BCUT2D eigenvalue weighted by Crippen LogP contribution is -2.34. The first-order chi connectivity index (χ1) is 15.3. The van der Waals surface area contributed by atoms with Gasteiger partial charge in [-0.3, -0.25) is 9.78 Å². The first-order valence-corrected chi connectivity index (χ1v) is 9.77. The summed E-state index contributed by atoms with van der Waals surface area (Å²) in [6.45, 7) is 0.161. The van der Waals surface area contributed by atoms with Crippen LogP contribution >= 0.6 is 0 Å². The topological polar surface area (TPSA) is 106 Å². The number of hydrogen-bond acceptors (Lipinski definition) is 5. The van der Waals surface area contributed by atoms with Gasteiger partial charge in [-0.25, -0.2) is 18.3 Å². The molecule has 0 aliphatic heterocycles. The normalized spacial score (nSPS) is 11.6. The zero-order valence-electron chi connectivity index (χ0n) is 16.8. The minimum absolute atomic E-state index is 0.0832. The van der Waals surface area contributed by atoms with E-state index >= 15 is 0 Å². The molecule has 0 unspecified atom stereocenters. The van der Waals surface area contributed by atoms with E-state index in [1.165, 1.54) is 76.2 Å². The number of halogens is 2. The van der Waals surface area contributed by atoms with E-state index in [0.29, 0.717) is 23.2 Å². The van der Waals surface area contributed by atoms with E-state index < -0.39 is 28.5 Å². The van der Waals surface area contributed by atoms with E-state index in [2.05, 4.69) is 15.3 Å². The standard InChI is InChI=1S/C22H19F2N5O3/c23-17-5-1-15(2-6-17)22(32,16-3-7-18(24)8-4-16)14-29-19(13-25-27-29)9-11-28-12-10-20(30)26-21(28)31/h1-8,10,12-13,32H,9,11,14H2,(H,26,30,31). The Balaban J connectivity index is 1.65. The Labute approximate surface area is 180 Å². The Kier molecular flexibility index (Phi) is 5.78. The highest BCUT2D eigenvalue weighted by molar-refractivity contribution is 5.36. The van der Waals surface area contributed by atoms with Gasteiger partial charge >= 0.3 is 5.69 Å². The van der Waals surface area contributed by atoms with Crippen LogP contribution in [0.25, 0.3) is 0 Å². The van der Waals surface area contributed by atoms with Crippen LogP contribution in [0.1, 0.15) is 16.8 Å². The van der Waals surface area contributed by atoms with Crippen molar-refractivity contribution in [1.82, 2.24) is 24.5 Å². The number of nitrogens with one attached hydrogen (secondary N) is 1. The predicted molar refractivity (Wildman–Crippen MR) is 111 cm³/mol. The van der Waals surface area contributed by atoms with Gasteiger partial charge in [-0.15, -0.1) is 5.10 Å². The van der Waals surface area contributed by atoms with Gasteiger partial charge in [-0.1, -0.05) is 29.5 Å². The smallest absolute Gasteiger partial charge is 0.328 e. The lowest BCUT2D eigenvalue weighted by molar-refractivity contribution is 0.0556. The maximum Gasteiger partial charge on any atom is 0.328 e. The van der Waals surface area contributed by atoms with Gasteiger partial charge < -0.3 is 9.67 Å². The number of aliphatic hydroxyl groups is 1. The maximum absolute atomic E-state index is 13.5. The van der Waals surface area contributed by atoms with E-state index in [-0.39, 0.29) is 13.1 Å². The van der Waals surface area contributed by atoms with E-state index in [1.807, 2.05) is 0 Å². The quantitative estimate of drug-likeness (QED) is 0.455. The molecule has 0 aliphatic carbocycles. The molecule has 164 valence electrons. The van der Waals surface area contributed by atoms with Gasteiger partial charge in [0.25, 0.3) is 5.56 Å². The van der Waals surface area contributed by atoms with E-state index in [9.17, 15) is 23.5 Å². The Bertz CT molecular complexity index is 1280. The highest BCUT2D eigenvalue weighted by atomic mass is 19.1. The molecule has 2 N–H and O–H groups in total. The second-order valence-corrected chi connectivity index (χ2v) is 7.31. The van der Waals surface area contributed by atoms with Crippen LogP contribution in [0.15, 0.2) is 76.6 Å². The van der Waals surface area contributed by atoms with Gasteiger partial charge in [-0.2, -0.15) is 0 Å². The number of aromatic amines is 1. The van der Waals surface area contributed by atoms with Crippen molar-refractivity contribution in [3.8, 4) is 0 Å². The van der Waals surface area contributed by atoms with Crippen molar-refractivity contribution in [2.75, 3.05) is 0 Å². The van der Waals surface area contributed by atoms with Crippen LogP contribution in [0.5, 0.6) is 0 Å². The minimum Gasteiger partial charge on any atom is -0.378 e. The van der Waals surface area contributed by atoms with Gasteiger partial charge in [0, 0.05) is 25.2 Å². The van der Waals surface area contributed by atoms with Crippen molar-refractivity contribution in [2.24, 2.45) is 0 Å². The average Bonchev–Trinajstić information content (AvgIpc) is 3.20. The number of H-pyrrole nitrogens is 1. The fourth-order valence-corrected chi connectivity index (χ4v) is 3.48. The number of rotatable bonds is 7. The average molecular weight is 439 g/mol. The molecule has 0 amide bonds. The molecule has 0 spiro atoms. The monoisotopic (exact) mass is 439 g/mol. The van der Waals surface area contributed by atoms with Crippen LogP contribution in [0.3, 0.4) is 0 Å². The summed E-state index contributed by atoms with van der Waals surface area (Å²) >= 11 is 0. The van der Waals surface area contributed by atoms with Crippen LogP contribution in [-0.2, 0) is 25.1 Å². The van der Waals surface area contributed by atoms with Crippen molar-refractivity contribution in [2.45, 2.75) is 25.1 Å². The van der Waals surface area contributed by atoms with Gasteiger partial charge in [0.05, 0.1) is 18.4 Å². The van der Waals surface area contributed by atoms with Crippen molar-refractivity contribution in [1.29, 1.82) is 0 Å². The molecule has 4 rings (SSSR count). The van der Waals surface area contributed by atoms with Crippen molar-refractivity contribution < 1.29 is 13.9 Å². The van der Waals surface area contributed by atoms with Gasteiger partial charge in [0.2, 0.25) is 0 Å². The predicted octanol–water partition coefficient (Wildman–Crippen LogP) is 1.59. The van der Waals surface area contributed by atoms with Gasteiger partial charge in [0.15, 0.2) is 0 Å². The largest absolute Gasteiger partial charge is 0.378 e. The zero-order chi connectivity index (χ0) is 22.7. The third kappa shape index (κ3) is 4.40. The SMILES string of the molecule is O=c1ccn(CCc2cnnn2CC(O)(c2ccc(F)cc2)c2ccc(F)cc2)c(=O)[nH]1. The molecule has 0 aliphatic rings. The molecular weight excluding hydrogens is 420 g/mol. The van der Waals surface area contributed by atoms with Gasteiger partial charge in [-0.05, 0) is 35.4 Å². The molecule has 0 bridgehead atoms. The third-order valence-corrected chi connectivity index (χ3v) is 5.23. The van der Waals surface area contributed by atoms with E-state index in [1.54, 1.807) is 0 Å².